The van der Waals surface area contributed by atoms with Crippen LogP contribution >= 0.6 is 51.5 Å². The summed E-state index contributed by atoms with van der Waals surface area (Å²) in [7, 11) is 3.78. The molecule has 0 aromatic heterocycles. The van der Waals surface area contributed by atoms with Gasteiger partial charge in [0.15, 0.2) is 0 Å². The molecular weight excluding hydrogens is 420 g/mol. The van der Waals surface area contributed by atoms with Crippen LogP contribution in [0.2, 0.25) is 10.0 Å². The van der Waals surface area contributed by atoms with Gasteiger partial charge in [-0.05, 0) is 29.8 Å². The standard InChI is InChI=1S/C16H16BrCl2N3.ClH/c1-22(2)10-21-16-14(18)7-13(8-15(16)19)20-9-11-4-3-5-12(17)6-11;/h3-8,10,20H,9H2,1-2H3;1H. The number of hydrogen-bond donors (Lipinski definition) is 1. The summed E-state index contributed by atoms with van der Waals surface area (Å²) in [6.45, 7) is 0.687. The largest absolute Gasteiger partial charge is 0.381 e. The predicted molar refractivity (Wildman–Crippen MR) is 107 cm³/mol. The number of benzene rings is 2. The van der Waals surface area contributed by atoms with Crippen LogP contribution in [0, 0.1) is 0 Å². The van der Waals surface area contributed by atoms with Crippen LogP contribution in [0.15, 0.2) is 45.9 Å². The SMILES string of the molecule is CN(C)C=Nc1c(Cl)cc(NCc2cccc(Br)c2)cc1Cl.Cl. The fourth-order valence-corrected chi connectivity index (χ4v) is 2.85. The van der Waals surface area contributed by atoms with Crippen LogP contribution in [0.25, 0.3) is 0 Å². The van der Waals surface area contributed by atoms with Gasteiger partial charge >= 0.3 is 0 Å². The van der Waals surface area contributed by atoms with E-state index in [1.807, 2.05) is 43.3 Å². The van der Waals surface area contributed by atoms with E-state index in [4.69, 9.17) is 23.2 Å². The minimum atomic E-state index is 0. The summed E-state index contributed by atoms with van der Waals surface area (Å²) < 4.78 is 1.05. The van der Waals surface area contributed by atoms with Crippen molar-refractivity contribution >= 4 is 69.3 Å². The third-order valence-corrected chi connectivity index (χ3v) is 3.89. The monoisotopic (exact) mass is 435 g/mol. The van der Waals surface area contributed by atoms with E-state index in [1.165, 1.54) is 0 Å². The molecule has 0 heterocycles. The molecule has 2 rings (SSSR count). The van der Waals surface area contributed by atoms with Crippen LogP contribution in [-0.2, 0) is 6.54 Å². The van der Waals surface area contributed by atoms with Gasteiger partial charge in [0.25, 0.3) is 0 Å². The highest BCUT2D eigenvalue weighted by Crippen LogP contribution is 2.36. The summed E-state index contributed by atoms with van der Waals surface area (Å²) >= 11 is 16.0. The van der Waals surface area contributed by atoms with Crippen LogP contribution < -0.4 is 5.32 Å². The van der Waals surface area contributed by atoms with E-state index in [9.17, 15) is 0 Å². The highest BCUT2D eigenvalue weighted by molar-refractivity contribution is 9.10. The van der Waals surface area contributed by atoms with E-state index < -0.39 is 0 Å². The lowest BCUT2D eigenvalue weighted by molar-refractivity contribution is 0.643. The molecule has 0 saturated heterocycles. The molecule has 0 bridgehead atoms. The fraction of sp³-hybridized carbons (Fsp3) is 0.188. The minimum Gasteiger partial charge on any atom is -0.381 e. The van der Waals surface area contributed by atoms with Crippen LogP contribution in [-0.4, -0.2) is 25.3 Å². The Hall–Kier alpha value is -0.940. The Morgan fingerprint density at radius 1 is 1.17 bits per heavy atom. The van der Waals surface area contributed by atoms with Crippen molar-refractivity contribution in [3.05, 3.63) is 56.5 Å². The Morgan fingerprint density at radius 2 is 1.83 bits per heavy atom. The van der Waals surface area contributed by atoms with Crippen molar-refractivity contribution < 1.29 is 0 Å². The van der Waals surface area contributed by atoms with Gasteiger partial charge in [-0.15, -0.1) is 12.4 Å². The summed E-state index contributed by atoms with van der Waals surface area (Å²) in [6, 6.07) is 11.8. The molecule has 0 radical (unpaired) electrons. The molecule has 0 aliphatic rings. The fourth-order valence-electron chi connectivity index (χ4n) is 1.82. The molecule has 0 atom stereocenters. The maximum Gasteiger partial charge on any atom is 0.102 e. The summed E-state index contributed by atoms with van der Waals surface area (Å²) in [5.74, 6) is 0. The molecule has 0 aliphatic heterocycles. The van der Waals surface area contributed by atoms with Gasteiger partial charge in [-0.25, -0.2) is 4.99 Å². The third kappa shape index (κ3) is 6.22. The highest BCUT2D eigenvalue weighted by atomic mass is 79.9. The van der Waals surface area contributed by atoms with Crippen molar-refractivity contribution in [2.75, 3.05) is 19.4 Å². The smallest absolute Gasteiger partial charge is 0.102 e. The molecule has 0 fully saturated rings. The average molecular weight is 438 g/mol. The van der Waals surface area contributed by atoms with E-state index in [-0.39, 0.29) is 12.4 Å². The van der Waals surface area contributed by atoms with E-state index >= 15 is 0 Å². The first-order valence-electron chi connectivity index (χ1n) is 6.63. The van der Waals surface area contributed by atoms with E-state index in [0.29, 0.717) is 22.3 Å². The van der Waals surface area contributed by atoms with Gasteiger partial charge in [0.2, 0.25) is 0 Å². The second-order valence-corrected chi connectivity index (χ2v) is 6.71. The number of halogens is 4. The molecule has 2 aromatic rings. The van der Waals surface area contributed by atoms with Gasteiger partial charge in [0, 0.05) is 30.8 Å². The minimum absolute atomic E-state index is 0. The van der Waals surface area contributed by atoms with Crippen LogP contribution in [0.4, 0.5) is 11.4 Å². The number of anilines is 1. The Kier molecular flexibility index (Phi) is 8.20. The highest BCUT2D eigenvalue weighted by Gasteiger charge is 2.07. The molecular formula is C16H17BrCl3N3. The summed E-state index contributed by atoms with van der Waals surface area (Å²) in [4.78, 5) is 6.10. The Bertz CT molecular complexity index is 667. The Morgan fingerprint density at radius 3 is 2.39 bits per heavy atom. The Balaban J connectivity index is 0.00000264. The van der Waals surface area contributed by atoms with Gasteiger partial charge < -0.3 is 10.2 Å². The molecule has 0 amide bonds. The van der Waals surface area contributed by atoms with Crippen molar-refractivity contribution in [3.63, 3.8) is 0 Å². The second kappa shape index (κ2) is 9.38. The molecule has 1 N–H and O–H groups in total. The summed E-state index contributed by atoms with van der Waals surface area (Å²) in [6.07, 6.45) is 1.67. The zero-order chi connectivity index (χ0) is 16.1. The first-order valence-corrected chi connectivity index (χ1v) is 8.18. The van der Waals surface area contributed by atoms with Crippen molar-refractivity contribution in [1.29, 1.82) is 0 Å². The molecule has 0 aliphatic carbocycles. The molecule has 0 spiro atoms. The average Bonchev–Trinajstić information content (AvgIpc) is 2.44. The predicted octanol–water partition coefficient (Wildman–Crippen LogP) is 6.01. The van der Waals surface area contributed by atoms with Gasteiger partial charge in [-0.3, -0.25) is 0 Å². The summed E-state index contributed by atoms with van der Waals surface area (Å²) in [5.41, 5.74) is 2.60. The first kappa shape index (κ1) is 20.1. The van der Waals surface area contributed by atoms with Crippen molar-refractivity contribution in [2.24, 2.45) is 4.99 Å². The quantitative estimate of drug-likeness (QED) is 0.458. The van der Waals surface area contributed by atoms with Crippen molar-refractivity contribution in [3.8, 4) is 0 Å². The molecule has 23 heavy (non-hydrogen) atoms. The maximum absolute atomic E-state index is 6.26. The number of rotatable bonds is 5. The summed E-state index contributed by atoms with van der Waals surface area (Å²) in [5, 5.41) is 4.34. The maximum atomic E-state index is 6.26. The third-order valence-electron chi connectivity index (χ3n) is 2.82. The number of aliphatic imine (C=N–C) groups is 1. The van der Waals surface area contributed by atoms with Gasteiger partial charge in [-0.1, -0.05) is 51.3 Å². The molecule has 124 valence electrons. The zero-order valence-electron chi connectivity index (χ0n) is 12.7. The second-order valence-electron chi connectivity index (χ2n) is 4.98. The van der Waals surface area contributed by atoms with E-state index in [0.717, 1.165) is 15.7 Å². The van der Waals surface area contributed by atoms with Crippen molar-refractivity contribution in [2.45, 2.75) is 6.54 Å². The number of nitrogens with zero attached hydrogens (tertiary/aromatic N) is 2. The topological polar surface area (TPSA) is 27.6 Å². The zero-order valence-corrected chi connectivity index (χ0v) is 16.6. The van der Waals surface area contributed by atoms with Gasteiger partial charge in [0.1, 0.15) is 5.69 Å². The van der Waals surface area contributed by atoms with Crippen LogP contribution in [0.1, 0.15) is 5.56 Å². The van der Waals surface area contributed by atoms with Crippen LogP contribution in [0.3, 0.4) is 0 Å². The lowest BCUT2D eigenvalue weighted by atomic mass is 10.2. The van der Waals surface area contributed by atoms with Crippen molar-refractivity contribution in [1.82, 2.24) is 4.90 Å². The molecule has 0 unspecified atom stereocenters. The first-order chi connectivity index (χ1) is 10.5. The van der Waals surface area contributed by atoms with Gasteiger partial charge in [0.05, 0.1) is 16.4 Å². The number of nitrogens with one attached hydrogen (secondary N) is 1. The molecule has 3 nitrogen and oxygen atoms in total. The van der Waals surface area contributed by atoms with E-state index in [2.05, 4.69) is 38.4 Å². The molecule has 7 heteroatoms. The van der Waals surface area contributed by atoms with E-state index in [1.54, 1.807) is 6.34 Å². The molecule has 2 aromatic carbocycles. The lowest BCUT2D eigenvalue weighted by Crippen LogP contribution is -2.07. The van der Waals surface area contributed by atoms with Gasteiger partial charge in [-0.2, -0.15) is 0 Å². The molecule has 0 saturated carbocycles. The van der Waals surface area contributed by atoms with Crippen LogP contribution in [0.5, 0.6) is 0 Å². The Labute approximate surface area is 161 Å². The number of hydrogen-bond acceptors (Lipinski definition) is 2. The normalized spacial score (nSPS) is 10.5. The lowest BCUT2D eigenvalue weighted by Gasteiger charge is -2.10.